The van der Waals surface area contributed by atoms with E-state index in [0.29, 0.717) is 19.0 Å². The number of β-amino-alcohol motifs (C(OH)–C–C–N with tert-alkyl or cyclic N) is 1. The third-order valence-electron chi connectivity index (χ3n) is 3.94. The average Bonchev–Trinajstić information content (AvgIpc) is 2.49. The maximum Gasteiger partial charge on any atom is 0.237 e. The Bertz CT molecular complexity index is 280. The Morgan fingerprint density at radius 1 is 1.69 bits per heavy atom. The van der Waals surface area contributed by atoms with Crippen LogP contribution >= 0.6 is 0 Å². The predicted octanol–water partition coefficient (Wildman–Crippen LogP) is -1.01. The van der Waals surface area contributed by atoms with Crippen molar-refractivity contribution in [2.45, 2.75) is 43.4 Å². The molecule has 5 nitrogen and oxygen atoms in total. The molecule has 0 saturated carbocycles. The molecular formula is C11H20N3O2. The summed E-state index contributed by atoms with van der Waals surface area (Å²) in [5.74, 6) is -0.268. The van der Waals surface area contributed by atoms with Gasteiger partial charge in [0.2, 0.25) is 5.91 Å². The van der Waals surface area contributed by atoms with E-state index < -0.39 is 11.6 Å². The normalized spacial score (nSPS) is 36.2. The number of piperidine rings is 1. The molecule has 5 heteroatoms. The SMILES string of the molecule is NCC(O)CN1[C@@H]2C[CH]C[C@@]1(C(N)=O)CC2. The fourth-order valence-corrected chi connectivity index (χ4v) is 3.02. The van der Waals surface area contributed by atoms with Crippen LogP contribution in [0.4, 0.5) is 0 Å². The van der Waals surface area contributed by atoms with Crippen LogP contribution in [0.15, 0.2) is 0 Å². The molecular weight excluding hydrogens is 206 g/mol. The molecule has 2 aliphatic rings. The highest BCUT2D eigenvalue weighted by Gasteiger charge is 2.52. The number of nitrogens with two attached hydrogens (primary N) is 2. The fourth-order valence-electron chi connectivity index (χ4n) is 3.02. The van der Waals surface area contributed by atoms with Gasteiger partial charge in [-0.1, -0.05) is 0 Å². The summed E-state index contributed by atoms with van der Waals surface area (Å²) in [6.07, 6.45) is 5.05. The first-order valence-electron chi connectivity index (χ1n) is 5.86. The Morgan fingerprint density at radius 3 is 3.06 bits per heavy atom. The number of nitrogens with zero attached hydrogens (tertiary/aromatic N) is 1. The van der Waals surface area contributed by atoms with Gasteiger partial charge in [-0.15, -0.1) is 0 Å². The molecule has 5 N–H and O–H groups in total. The predicted molar refractivity (Wildman–Crippen MR) is 60.2 cm³/mol. The third kappa shape index (κ3) is 1.73. The van der Waals surface area contributed by atoms with E-state index in [2.05, 4.69) is 11.3 Å². The van der Waals surface area contributed by atoms with Gasteiger partial charge in [0, 0.05) is 19.1 Å². The van der Waals surface area contributed by atoms with Crippen molar-refractivity contribution < 1.29 is 9.90 Å². The van der Waals surface area contributed by atoms with E-state index in [1.165, 1.54) is 0 Å². The van der Waals surface area contributed by atoms with E-state index >= 15 is 0 Å². The lowest BCUT2D eigenvalue weighted by Crippen LogP contribution is -2.60. The third-order valence-corrected chi connectivity index (χ3v) is 3.94. The minimum atomic E-state index is -0.572. The van der Waals surface area contributed by atoms with Crippen LogP contribution in [0.25, 0.3) is 0 Å². The van der Waals surface area contributed by atoms with Crippen LogP contribution < -0.4 is 11.5 Å². The lowest BCUT2D eigenvalue weighted by atomic mass is 9.87. The summed E-state index contributed by atoms with van der Waals surface area (Å²) < 4.78 is 0. The molecule has 1 unspecified atom stereocenters. The highest BCUT2D eigenvalue weighted by molar-refractivity contribution is 5.85. The Morgan fingerprint density at radius 2 is 2.44 bits per heavy atom. The minimum Gasteiger partial charge on any atom is -0.390 e. The van der Waals surface area contributed by atoms with E-state index in [0.717, 1.165) is 19.3 Å². The molecule has 0 aromatic rings. The summed E-state index contributed by atoms with van der Waals surface area (Å²) in [4.78, 5) is 13.7. The second kappa shape index (κ2) is 4.31. The smallest absolute Gasteiger partial charge is 0.237 e. The molecule has 91 valence electrons. The van der Waals surface area contributed by atoms with Gasteiger partial charge in [-0.25, -0.2) is 0 Å². The van der Waals surface area contributed by atoms with Crippen molar-refractivity contribution in [1.82, 2.24) is 4.90 Å². The molecule has 3 atom stereocenters. The van der Waals surface area contributed by atoms with Crippen LogP contribution in [0, 0.1) is 6.42 Å². The molecule has 2 fully saturated rings. The monoisotopic (exact) mass is 226 g/mol. The zero-order valence-electron chi connectivity index (χ0n) is 9.43. The lowest BCUT2D eigenvalue weighted by Gasteiger charge is -2.43. The van der Waals surface area contributed by atoms with E-state index in [1.54, 1.807) is 0 Å². The van der Waals surface area contributed by atoms with E-state index in [1.807, 2.05) is 0 Å². The van der Waals surface area contributed by atoms with Crippen molar-refractivity contribution in [3.05, 3.63) is 6.42 Å². The number of amides is 1. The quantitative estimate of drug-likeness (QED) is 0.573. The first-order chi connectivity index (χ1) is 7.60. The van der Waals surface area contributed by atoms with Gasteiger partial charge in [0.25, 0.3) is 0 Å². The number of aliphatic hydroxyl groups excluding tert-OH is 1. The highest BCUT2D eigenvalue weighted by Crippen LogP contribution is 2.43. The highest BCUT2D eigenvalue weighted by atomic mass is 16.3. The molecule has 0 aliphatic carbocycles. The van der Waals surface area contributed by atoms with Crippen LogP contribution in [0.5, 0.6) is 0 Å². The molecule has 2 bridgehead atoms. The number of primary amides is 1. The Kier molecular flexibility index (Phi) is 3.19. The van der Waals surface area contributed by atoms with Gasteiger partial charge in [-0.3, -0.25) is 9.69 Å². The number of carbonyl (C=O) groups is 1. The maximum absolute atomic E-state index is 11.7. The van der Waals surface area contributed by atoms with E-state index in [-0.39, 0.29) is 12.5 Å². The zero-order chi connectivity index (χ0) is 11.8. The Labute approximate surface area is 95.8 Å². The van der Waals surface area contributed by atoms with E-state index in [4.69, 9.17) is 11.5 Å². The molecule has 2 rings (SSSR count). The second-order valence-corrected chi connectivity index (χ2v) is 4.86. The fraction of sp³-hybridized carbons (Fsp3) is 0.818. The summed E-state index contributed by atoms with van der Waals surface area (Å²) in [5, 5.41) is 9.64. The summed E-state index contributed by atoms with van der Waals surface area (Å²) in [7, 11) is 0. The first-order valence-corrected chi connectivity index (χ1v) is 5.86. The zero-order valence-corrected chi connectivity index (χ0v) is 9.43. The number of rotatable bonds is 4. The van der Waals surface area contributed by atoms with Crippen LogP contribution in [0.1, 0.15) is 25.7 Å². The molecule has 0 aromatic heterocycles. The van der Waals surface area contributed by atoms with Crippen LogP contribution in [0.2, 0.25) is 0 Å². The Hall–Kier alpha value is -0.650. The number of fused-ring (bicyclic) bond motifs is 2. The minimum absolute atomic E-state index is 0.224. The summed E-state index contributed by atoms with van der Waals surface area (Å²) in [5.41, 5.74) is 10.4. The molecule has 0 spiro atoms. The van der Waals surface area contributed by atoms with Gasteiger partial charge in [-0.2, -0.15) is 0 Å². The Balaban J connectivity index is 2.17. The number of hydrogen-bond donors (Lipinski definition) is 3. The number of hydrogen-bond acceptors (Lipinski definition) is 4. The molecule has 0 aromatic carbocycles. The van der Waals surface area contributed by atoms with Crippen LogP contribution in [0.3, 0.4) is 0 Å². The average molecular weight is 226 g/mol. The summed E-state index contributed by atoms with van der Waals surface area (Å²) in [6.45, 7) is 0.680. The van der Waals surface area contributed by atoms with Crippen molar-refractivity contribution in [3.63, 3.8) is 0 Å². The van der Waals surface area contributed by atoms with Crippen molar-refractivity contribution in [2.24, 2.45) is 11.5 Å². The van der Waals surface area contributed by atoms with Crippen molar-refractivity contribution >= 4 is 5.91 Å². The van der Waals surface area contributed by atoms with Gasteiger partial charge in [0.15, 0.2) is 0 Å². The van der Waals surface area contributed by atoms with Gasteiger partial charge in [-0.05, 0) is 32.1 Å². The second-order valence-electron chi connectivity index (χ2n) is 4.86. The maximum atomic E-state index is 11.7. The van der Waals surface area contributed by atoms with Crippen molar-refractivity contribution in [2.75, 3.05) is 13.1 Å². The van der Waals surface area contributed by atoms with Gasteiger partial charge >= 0.3 is 0 Å². The van der Waals surface area contributed by atoms with Crippen molar-refractivity contribution in [1.29, 1.82) is 0 Å². The molecule has 1 amide bonds. The molecule has 2 saturated heterocycles. The van der Waals surface area contributed by atoms with Gasteiger partial charge in [0.1, 0.15) is 5.54 Å². The molecule has 2 aliphatic heterocycles. The lowest BCUT2D eigenvalue weighted by molar-refractivity contribution is -0.131. The van der Waals surface area contributed by atoms with Gasteiger partial charge in [0.05, 0.1) is 6.10 Å². The van der Waals surface area contributed by atoms with E-state index in [9.17, 15) is 9.90 Å². The molecule has 1 radical (unpaired) electrons. The summed E-state index contributed by atoms with van der Waals surface area (Å²) >= 11 is 0. The first kappa shape index (κ1) is 11.8. The van der Waals surface area contributed by atoms with Crippen molar-refractivity contribution in [3.8, 4) is 0 Å². The van der Waals surface area contributed by atoms with Crippen LogP contribution in [-0.4, -0.2) is 46.7 Å². The largest absolute Gasteiger partial charge is 0.390 e. The molecule has 2 heterocycles. The van der Waals surface area contributed by atoms with Crippen LogP contribution in [-0.2, 0) is 4.79 Å². The summed E-state index contributed by atoms with van der Waals surface area (Å²) in [6, 6.07) is 0.349. The topological polar surface area (TPSA) is 92.6 Å². The number of aliphatic hydroxyl groups is 1. The number of carbonyl (C=O) groups excluding carboxylic acids is 1. The molecule has 16 heavy (non-hydrogen) atoms. The van der Waals surface area contributed by atoms with Gasteiger partial charge < -0.3 is 16.6 Å². The standard InChI is InChI=1S/C11H20N3O2/c12-6-9(15)7-14-8-2-1-4-11(14,5-3-8)10(13)16/h1,8-9,15H,2-7,12H2,(H2,13,16)/t8-,9?,11+/m1/s1.